The third kappa shape index (κ3) is 7.74. The molecule has 0 spiro atoms. The molecule has 0 unspecified atom stereocenters. The number of hydrogen-bond acceptors (Lipinski definition) is 3. The highest BCUT2D eigenvalue weighted by atomic mass is 16.5. The highest BCUT2D eigenvalue weighted by molar-refractivity contribution is 5.87. The summed E-state index contributed by atoms with van der Waals surface area (Å²) in [4.78, 5) is 27.4. The van der Waals surface area contributed by atoms with Gasteiger partial charge in [0.25, 0.3) is 5.91 Å². The van der Waals surface area contributed by atoms with Crippen molar-refractivity contribution < 1.29 is 14.3 Å². The molecule has 0 radical (unpaired) electrons. The fourth-order valence-electron chi connectivity index (χ4n) is 3.22. The zero-order valence-electron chi connectivity index (χ0n) is 19.6. The van der Waals surface area contributed by atoms with Gasteiger partial charge < -0.3 is 15.0 Å². The Morgan fingerprint density at radius 1 is 1.00 bits per heavy atom. The average molecular weight is 425 g/mol. The molecule has 0 aliphatic heterocycles. The first-order valence-corrected chi connectivity index (χ1v) is 11.0. The number of rotatable bonds is 10. The molecule has 0 aliphatic carbocycles. The minimum Gasteiger partial charge on any atom is -0.484 e. The van der Waals surface area contributed by atoms with Crippen molar-refractivity contribution in [3.63, 3.8) is 0 Å². The van der Waals surface area contributed by atoms with Crippen molar-refractivity contribution in [3.8, 4) is 5.75 Å². The summed E-state index contributed by atoms with van der Waals surface area (Å²) >= 11 is 0. The molecule has 0 aromatic heterocycles. The van der Waals surface area contributed by atoms with Crippen LogP contribution in [0.4, 0.5) is 0 Å². The lowest BCUT2D eigenvalue weighted by molar-refractivity contribution is -0.142. The van der Waals surface area contributed by atoms with E-state index in [1.165, 1.54) is 5.56 Å². The van der Waals surface area contributed by atoms with Gasteiger partial charge >= 0.3 is 0 Å². The predicted molar refractivity (Wildman–Crippen MR) is 125 cm³/mol. The van der Waals surface area contributed by atoms with E-state index < -0.39 is 6.04 Å². The lowest BCUT2D eigenvalue weighted by atomic mass is 10.0. The summed E-state index contributed by atoms with van der Waals surface area (Å²) in [7, 11) is 0. The number of aryl methyl sites for hydroxylation is 1. The molecular formula is C26H36N2O3. The van der Waals surface area contributed by atoms with Gasteiger partial charge in [-0.2, -0.15) is 0 Å². The number of ether oxygens (including phenoxy) is 1. The van der Waals surface area contributed by atoms with Gasteiger partial charge in [-0.3, -0.25) is 9.59 Å². The van der Waals surface area contributed by atoms with E-state index in [0.29, 0.717) is 30.7 Å². The monoisotopic (exact) mass is 424 g/mol. The molecule has 2 amide bonds. The molecule has 1 atom stereocenters. The third-order valence-corrected chi connectivity index (χ3v) is 5.20. The van der Waals surface area contributed by atoms with Crippen LogP contribution in [0.15, 0.2) is 48.5 Å². The van der Waals surface area contributed by atoms with Crippen LogP contribution < -0.4 is 10.1 Å². The van der Waals surface area contributed by atoms with Gasteiger partial charge in [-0.1, -0.05) is 69.7 Å². The van der Waals surface area contributed by atoms with E-state index >= 15 is 0 Å². The highest BCUT2D eigenvalue weighted by Gasteiger charge is 2.26. The first-order chi connectivity index (χ1) is 14.7. The molecule has 0 saturated heterocycles. The Balaban J connectivity index is 2.11. The van der Waals surface area contributed by atoms with Gasteiger partial charge in [0.1, 0.15) is 11.8 Å². The number of hydrogen-bond donors (Lipinski definition) is 1. The van der Waals surface area contributed by atoms with Crippen LogP contribution in [0, 0.1) is 12.8 Å². The first kappa shape index (κ1) is 24.4. The normalized spacial score (nSPS) is 12.0. The summed E-state index contributed by atoms with van der Waals surface area (Å²) in [6, 6.07) is 15.2. The van der Waals surface area contributed by atoms with Crippen molar-refractivity contribution in [1.82, 2.24) is 10.2 Å². The molecule has 168 valence electrons. The summed E-state index contributed by atoms with van der Waals surface area (Å²) in [5, 5.41) is 2.93. The molecule has 1 N–H and O–H groups in total. The summed E-state index contributed by atoms with van der Waals surface area (Å²) < 4.78 is 5.75. The SMILES string of the molecule is Cc1cccc(CN(C(=O)COc2ccc(C(C)C)cc2)[C@@H](C)C(=O)NCC(C)C)c1. The van der Waals surface area contributed by atoms with Crippen molar-refractivity contribution in [2.75, 3.05) is 13.2 Å². The van der Waals surface area contributed by atoms with Crippen LogP contribution in [0.3, 0.4) is 0 Å². The predicted octanol–water partition coefficient (Wildman–Crippen LogP) is 4.69. The lowest BCUT2D eigenvalue weighted by Crippen LogP contribution is -2.49. The molecule has 31 heavy (non-hydrogen) atoms. The maximum atomic E-state index is 13.1. The fourth-order valence-corrected chi connectivity index (χ4v) is 3.22. The topological polar surface area (TPSA) is 58.6 Å². The van der Waals surface area contributed by atoms with E-state index in [9.17, 15) is 9.59 Å². The Morgan fingerprint density at radius 2 is 1.68 bits per heavy atom. The van der Waals surface area contributed by atoms with Crippen LogP contribution >= 0.6 is 0 Å². The van der Waals surface area contributed by atoms with E-state index in [1.54, 1.807) is 11.8 Å². The summed E-state index contributed by atoms with van der Waals surface area (Å²) in [6.45, 7) is 12.9. The van der Waals surface area contributed by atoms with Crippen molar-refractivity contribution >= 4 is 11.8 Å². The van der Waals surface area contributed by atoms with E-state index in [0.717, 1.165) is 11.1 Å². The van der Waals surface area contributed by atoms with Gasteiger partial charge in [0.05, 0.1) is 0 Å². The third-order valence-electron chi connectivity index (χ3n) is 5.20. The average Bonchev–Trinajstić information content (AvgIpc) is 2.74. The van der Waals surface area contributed by atoms with Crippen molar-refractivity contribution in [2.45, 2.75) is 60.0 Å². The minimum absolute atomic E-state index is 0.116. The zero-order chi connectivity index (χ0) is 23.0. The minimum atomic E-state index is -0.598. The lowest BCUT2D eigenvalue weighted by Gasteiger charge is -2.29. The van der Waals surface area contributed by atoms with Crippen LogP contribution in [0.2, 0.25) is 0 Å². The Bertz CT molecular complexity index is 859. The molecule has 5 heteroatoms. The Labute approximate surface area is 186 Å². The standard InChI is InChI=1S/C26H36N2O3/c1-18(2)15-27-26(30)21(6)28(16-22-9-7-8-20(5)14-22)25(29)17-31-24-12-10-23(11-13-24)19(3)4/h7-14,18-19,21H,15-17H2,1-6H3,(H,27,30)/t21-/m0/s1. The molecule has 0 fully saturated rings. The molecule has 0 heterocycles. The molecule has 5 nitrogen and oxygen atoms in total. The van der Waals surface area contributed by atoms with Crippen LogP contribution in [0.1, 0.15) is 57.2 Å². The number of benzene rings is 2. The van der Waals surface area contributed by atoms with Crippen molar-refractivity contribution in [2.24, 2.45) is 5.92 Å². The Kier molecular flexibility index (Phi) is 9.10. The highest BCUT2D eigenvalue weighted by Crippen LogP contribution is 2.19. The molecule has 0 saturated carbocycles. The summed E-state index contributed by atoms with van der Waals surface area (Å²) in [5.41, 5.74) is 3.32. The van der Waals surface area contributed by atoms with Gasteiger partial charge in [0, 0.05) is 13.1 Å². The fraction of sp³-hybridized carbons (Fsp3) is 0.462. The van der Waals surface area contributed by atoms with Crippen LogP contribution in [0.25, 0.3) is 0 Å². The van der Waals surface area contributed by atoms with Crippen LogP contribution in [-0.4, -0.2) is 35.9 Å². The van der Waals surface area contributed by atoms with Gasteiger partial charge in [-0.25, -0.2) is 0 Å². The van der Waals surface area contributed by atoms with Crippen molar-refractivity contribution in [3.05, 3.63) is 65.2 Å². The van der Waals surface area contributed by atoms with Gasteiger partial charge in [0.15, 0.2) is 6.61 Å². The number of carbonyl (C=O) groups excluding carboxylic acids is 2. The number of carbonyl (C=O) groups is 2. The second kappa shape index (κ2) is 11.5. The van der Waals surface area contributed by atoms with Gasteiger partial charge in [-0.15, -0.1) is 0 Å². The first-order valence-electron chi connectivity index (χ1n) is 11.0. The zero-order valence-corrected chi connectivity index (χ0v) is 19.6. The van der Waals surface area contributed by atoms with E-state index in [1.807, 2.05) is 69.3 Å². The van der Waals surface area contributed by atoms with E-state index in [4.69, 9.17) is 4.74 Å². The molecule has 2 rings (SSSR count). The van der Waals surface area contributed by atoms with Crippen LogP contribution in [-0.2, 0) is 16.1 Å². The largest absolute Gasteiger partial charge is 0.484 e. The number of nitrogens with one attached hydrogen (secondary N) is 1. The summed E-state index contributed by atoms with van der Waals surface area (Å²) in [6.07, 6.45) is 0. The second-order valence-electron chi connectivity index (χ2n) is 8.84. The van der Waals surface area contributed by atoms with E-state index in [2.05, 4.69) is 19.2 Å². The molecule has 2 aromatic carbocycles. The van der Waals surface area contributed by atoms with Gasteiger partial charge in [0.2, 0.25) is 5.91 Å². The maximum absolute atomic E-state index is 13.1. The molecule has 0 aliphatic rings. The second-order valence-corrected chi connectivity index (χ2v) is 8.84. The van der Waals surface area contributed by atoms with Crippen molar-refractivity contribution in [1.29, 1.82) is 0 Å². The quantitative estimate of drug-likeness (QED) is 0.602. The molecule has 0 bridgehead atoms. The maximum Gasteiger partial charge on any atom is 0.261 e. The number of amides is 2. The summed E-state index contributed by atoms with van der Waals surface area (Å²) in [5.74, 6) is 1.04. The smallest absolute Gasteiger partial charge is 0.261 e. The van der Waals surface area contributed by atoms with Crippen LogP contribution in [0.5, 0.6) is 5.75 Å². The van der Waals surface area contributed by atoms with Gasteiger partial charge in [-0.05, 0) is 48.9 Å². The Hall–Kier alpha value is -2.82. The molecule has 2 aromatic rings. The van der Waals surface area contributed by atoms with E-state index in [-0.39, 0.29) is 18.4 Å². The number of nitrogens with zero attached hydrogens (tertiary/aromatic N) is 1. The Morgan fingerprint density at radius 3 is 2.26 bits per heavy atom. The molecular weight excluding hydrogens is 388 g/mol.